The fourth-order valence-corrected chi connectivity index (χ4v) is 1.04. The molecule has 0 aromatic rings. The molecule has 1 heterocycles. The molecule has 1 saturated heterocycles. The number of allylic oxidation sites excluding steroid dienone is 2. The van der Waals surface area contributed by atoms with Crippen LogP contribution in [0, 0.1) is 11.8 Å². The Morgan fingerprint density at radius 2 is 2.58 bits per heavy atom. The lowest BCUT2D eigenvalue weighted by atomic mass is 10.2. The predicted octanol–water partition coefficient (Wildman–Crippen LogP) is 1.66. The van der Waals surface area contributed by atoms with Crippen molar-refractivity contribution >= 4 is 5.97 Å². The van der Waals surface area contributed by atoms with Crippen LogP contribution < -0.4 is 0 Å². The van der Waals surface area contributed by atoms with E-state index in [-0.39, 0.29) is 12.1 Å². The van der Waals surface area contributed by atoms with Gasteiger partial charge >= 0.3 is 5.97 Å². The minimum atomic E-state index is -0.0900. The first-order valence-electron chi connectivity index (χ1n) is 4.12. The number of hydrogen-bond acceptors (Lipinski definition) is 2. The topological polar surface area (TPSA) is 26.3 Å². The SMILES string of the molecule is CC=CC#CCC1CCC(=O)O1. The van der Waals surface area contributed by atoms with Gasteiger partial charge in [0.1, 0.15) is 6.10 Å². The Bertz CT molecular complexity index is 242. The van der Waals surface area contributed by atoms with Crippen molar-refractivity contribution in [3.63, 3.8) is 0 Å². The van der Waals surface area contributed by atoms with Crippen LogP contribution in [0.2, 0.25) is 0 Å². The monoisotopic (exact) mass is 164 g/mol. The average molecular weight is 164 g/mol. The maximum atomic E-state index is 10.7. The second-order valence-electron chi connectivity index (χ2n) is 2.68. The highest BCUT2D eigenvalue weighted by atomic mass is 16.5. The average Bonchev–Trinajstić information content (AvgIpc) is 2.45. The molecular weight excluding hydrogens is 152 g/mol. The standard InChI is InChI=1S/C10H12O2/c1-2-3-4-5-6-9-7-8-10(11)12-9/h2-3,9H,6-8H2,1H3. The van der Waals surface area contributed by atoms with Crippen LogP contribution in [-0.4, -0.2) is 12.1 Å². The number of carbonyl (C=O) groups is 1. The summed E-state index contributed by atoms with van der Waals surface area (Å²) in [6.07, 6.45) is 5.75. The molecular formula is C10H12O2. The molecule has 1 rings (SSSR count). The maximum absolute atomic E-state index is 10.7. The number of esters is 1. The smallest absolute Gasteiger partial charge is 0.306 e. The molecule has 1 aliphatic rings. The van der Waals surface area contributed by atoms with Gasteiger partial charge in [-0.1, -0.05) is 17.9 Å². The Labute approximate surface area is 72.6 Å². The fourth-order valence-electron chi connectivity index (χ4n) is 1.04. The van der Waals surface area contributed by atoms with Crippen molar-refractivity contribution in [3.05, 3.63) is 12.2 Å². The molecule has 1 unspecified atom stereocenters. The van der Waals surface area contributed by atoms with E-state index in [1.165, 1.54) is 0 Å². The Balaban J connectivity index is 2.25. The van der Waals surface area contributed by atoms with Gasteiger partial charge in [0.25, 0.3) is 0 Å². The van der Waals surface area contributed by atoms with E-state index in [2.05, 4.69) is 11.8 Å². The molecule has 2 heteroatoms. The van der Waals surface area contributed by atoms with Crippen molar-refractivity contribution < 1.29 is 9.53 Å². The van der Waals surface area contributed by atoms with E-state index >= 15 is 0 Å². The summed E-state index contributed by atoms with van der Waals surface area (Å²) in [7, 11) is 0. The second kappa shape index (κ2) is 4.61. The van der Waals surface area contributed by atoms with Gasteiger partial charge in [0.15, 0.2) is 0 Å². The van der Waals surface area contributed by atoms with Gasteiger partial charge in [0, 0.05) is 12.8 Å². The van der Waals surface area contributed by atoms with E-state index in [0.717, 1.165) is 6.42 Å². The van der Waals surface area contributed by atoms with Crippen LogP contribution >= 0.6 is 0 Å². The highest BCUT2D eigenvalue weighted by Crippen LogP contribution is 2.15. The van der Waals surface area contributed by atoms with Gasteiger partial charge in [-0.05, 0) is 19.4 Å². The van der Waals surface area contributed by atoms with Gasteiger partial charge in [0.05, 0.1) is 0 Å². The molecule has 0 spiro atoms. The second-order valence-corrected chi connectivity index (χ2v) is 2.68. The van der Waals surface area contributed by atoms with Gasteiger partial charge in [-0.2, -0.15) is 0 Å². The summed E-state index contributed by atoms with van der Waals surface area (Å²) in [6, 6.07) is 0. The lowest BCUT2D eigenvalue weighted by Gasteiger charge is -2.01. The zero-order chi connectivity index (χ0) is 8.81. The molecule has 0 amide bonds. The molecule has 0 aliphatic carbocycles. The molecule has 64 valence electrons. The predicted molar refractivity (Wildman–Crippen MR) is 46.3 cm³/mol. The first-order chi connectivity index (χ1) is 5.83. The van der Waals surface area contributed by atoms with Crippen molar-refractivity contribution in [2.45, 2.75) is 32.3 Å². The third-order valence-electron chi connectivity index (χ3n) is 1.65. The van der Waals surface area contributed by atoms with Gasteiger partial charge in [-0.15, -0.1) is 0 Å². The third kappa shape index (κ3) is 2.79. The normalized spacial score (nSPS) is 22.1. The fraction of sp³-hybridized carbons (Fsp3) is 0.500. The highest BCUT2D eigenvalue weighted by molar-refractivity contribution is 5.71. The van der Waals surface area contributed by atoms with Gasteiger partial charge in [0.2, 0.25) is 0 Å². The molecule has 0 radical (unpaired) electrons. The zero-order valence-corrected chi connectivity index (χ0v) is 7.17. The molecule has 0 bridgehead atoms. The van der Waals surface area contributed by atoms with Crippen LogP contribution in [0.1, 0.15) is 26.2 Å². The summed E-state index contributed by atoms with van der Waals surface area (Å²) in [5, 5.41) is 0. The maximum Gasteiger partial charge on any atom is 0.306 e. The quantitative estimate of drug-likeness (QED) is 0.435. The summed E-state index contributed by atoms with van der Waals surface area (Å²) < 4.78 is 4.98. The molecule has 2 nitrogen and oxygen atoms in total. The van der Waals surface area contributed by atoms with Gasteiger partial charge < -0.3 is 4.74 Å². The molecule has 12 heavy (non-hydrogen) atoms. The van der Waals surface area contributed by atoms with E-state index in [4.69, 9.17) is 4.74 Å². The third-order valence-corrected chi connectivity index (χ3v) is 1.65. The van der Waals surface area contributed by atoms with E-state index in [1.54, 1.807) is 6.08 Å². The van der Waals surface area contributed by atoms with Crippen molar-refractivity contribution in [2.24, 2.45) is 0 Å². The number of carbonyl (C=O) groups excluding carboxylic acids is 1. The summed E-state index contributed by atoms with van der Waals surface area (Å²) >= 11 is 0. The van der Waals surface area contributed by atoms with Crippen LogP contribution in [0.5, 0.6) is 0 Å². The Hall–Kier alpha value is -1.23. The largest absolute Gasteiger partial charge is 0.461 e. The number of ether oxygens (including phenoxy) is 1. The highest BCUT2D eigenvalue weighted by Gasteiger charge is 2.21. The lowest BCUT2D eigenvalue weighted by Crippen LogP contribution is -2.04. The van der Waals surface area contributed by atoms with Crippen LogP contribution in [-0.2, 0) is 9.53 Å². The first-order valence-corrected chi connectivity index (χ1v) is 4.12. The Morgan fingerprint density at radius 3 is 3.17 bits per heavy atom. The van der Waals surface area contributed by atoms with E-state index in [0.29, 0.717) is 12.8 Å². The van der Waals surface area contributed by atoms with E-state index in [1.807, 2.05) is 13.0 Å². The van der Waals surface area contributed by atoms with Crippen molar-refractivity contribution in [1.82, 2.24) is 0 Å². The minimum Gasteiger partial charge on any atom is -0.461 e. The molecule has 1 fully saturated rings. The van der Waals surface area contributed by atoms with Gasteiger partial charge in [-0.25, -0.2) is 0 Å². The summed E-state index contributed by atoms with van der Waals surface area (Å²) in [5.74, 6) is 5.70. The number of hydrogen-bond donors (Lipinski definition) is 0. The van der Waals surface area contributed by atoms with Crippen molar-refractivity contribution in [1.29, 1.82) is 0 Å². The molecule has 0 aromatic carbocycles. The first kappa shape index (κ1) is 8.86. The van der Waals surface area contributed by atoms with Crippen LogP contribution in [0.4, 0.5) is 0 Å². The molecule has 1 atom stereocenters. The Morgan fingerprint density at radius 1 is 1.75 bits per heavy atom. The number of rotatable bonds is 1. The van der Waals surface area contributed by atoms with Crippen LogP contribution in [0.25, 0.3) is 0 Å². The van der Waals surface area contributed by atoms with Crippen LogP contribution in [0.15, 0.2) is 12.2 Å². The Kier molecular flexibility index (Phi) is 3.40. The molecule has 0 saturated carbocycles. The lowest BCUT2D eigenvalue weighted by molar-refractivity contribution is -0.141. The molecule has 0 aromatic heterocycles. The van der Waals surface area contributed by atoms with Crippen molar-refractivity contribution in [2.75, 3.05) is 0 Å². The van der Waals surface area contributed by atoms with Crippen molar-refractivity contribution in [3.8, 4) is 11.8 Å². The minimum absolute atomic E-state index is 0.0373. The van der Waals surface area contributed by atoms with E-state index in [9.17, 15) is 4.79 Å². The summed E-state index contributed by atoms with van der Waals surface area (Å²) in [6.45, 7) is 1.92. The molecule has 1 aliphatic heterocycles. The summed E-state index contributed by atoms with van der Waals surface area (Å²) in [4.78, 5) is 10.7. The zero-order valence-electron chi connectivity index (χ0n) is 7.17. The summed E-state index contributed by atoms with van der Waals surface area (Å²) in [5.41, 5.74) is 0. The molecule has 0 N–H and O–H groups in total. The van der Waals surface area contributed by atoms with Gasteiger partial charge in [-0.3, -0.25) is 4.79 Å². The number of cyclic esters (lactones) is 1. The van der Waals surface area contributed by atoms with E-state index < -0.39 is 0 Å². The van der Waals surface area contributed by atoms with Crippen LogP contribution in [0.3, 0.4) is 0 Å².